The van der Waals surface area contributed by atoms with Crippen LogP contribution in [0.15, 0.2) is 22.7 Å². The molecule has 1 N–H and O–H groups in total. The first-order valence-electron chi connectivity index (χ1n) is 7.20. The van der Waals surface area contributed by atoms with E-state index < -0.39 is 5.97 Å². The van der Waals surface area contributed by atoms with Crippen molar-refractivity contribution in [1.82, 2.24) is 0 Å². The van der Waals surface area contributed by atoms with Crippen molar-refractivity contribution in [1.29, 1.82) is 0 Å². The highest BCUT2D eigenvalue weighted by atomic mass is 32.1. The first-order chi connectivity index (χ1) is 10.3. The third kappa shape index (κ3) is 7.52. The lowest BCUT2D eigenvalue weighted by atomic mass is 10.1. The van der Waals surface area contributed by atoms with Crippen molar-refractivity contribution in [2.45, 2.75) is 51.9 Å². The Kier molecular flexibility index (Phi) is 8.98. The van der Waals surface area contributed by atoms with Crippen molar-refractivity contribution >= 4 is 23.0 Å². The lowest BCUT2D eigenvalue weighted by Gasteiger charge is -2.03. The standard InChI is InChI=1S/C16H21NO3S/c1-2-3-4-5-6-7-8-9-11-14(17-19)16(18)20-15-12-10-13-21-15/h10,12-13,19H,2-3,6-9,11H2,1H3. The van der Waals surface area contributed by atoms with E-state index in [-0.39, 0.29) is 5.71 Å². The van der Waals surface area contributed by atoms with Gasteiger partial charge in [0.15, 0.2) is 10.8 Å². The van der Waals surface area contributed by atoms with Gasteiger partial charge in [0.25, 0.3) is 0 Å². The molecule has 5 heteroatoms. The average Bonchev–Trinajstić information content (AvgIpc) is 2.98. The molecule has 0 atom stereocenters. The summed E-state index contributed by atoms with van der Waals surface area (Å²) in [7, 11) is 0. The average molecular weight is 307 g/mol. The molecule has 0 aromatic carbocycles. The van der Waals surface area contributed by atoms with Crippen LogP contribution in [0.3, 0.4) is 0 Å². The molecule has 0 aliphatic rings. The fourth-order valence-corrected chi connectivity index (χ4v) is 2.22. The Morgan fingerprint density at radius 1 is 1.33 bits per heavy atom. The summed E-state index contributed by atoms with van der Waals surface area (Å²) in [4.78, 5) is 11.8. The first kappa shape index (κ1) is 17.3. The number of nitrogens with zero attached hydrogens (tertiary/aromatic N) is 1. The number of oxime groups is 1. The lowest BCUT2D eigenvalue weighted by Crippen LogP contribution is -2.20. The van der Waals surface area contributed by atoms with Crippen molar-refractivity contribution in [3.8, 4) is 16.9 Å². The molecule has 0 aliphatic carbocycles. The lowest BCUT2D eigenvalue weighted by molar-refractivity contribution is -0.127. The van der Waals surface area contributed by atoms with E-state index >= 15 is 0 Å². The topological polar surface area (TPSA) is 58.9 Å². The van der Waals surface area contributed by atoms with Gasteiger partial charge in [-0.1, -0.05) is 18.5 Å². The molecule has 1 aromatic heterocycles. The van der Waals surface area contributed by atoms with Crippen molar-refractivity contribution in [3.63, 3.8) is 0 Å². The molecular formula is C16H21NO3S. The van der Waals surface area contributed by atoms with Gasteiger partial charge >= 0.3 is 5.97 Å². The van der Waals surface area contributed by atoms with Gasteiger partial charge < -0.3 is 9.94 Å². The maximum Gasteiger partial charge on any atom is 0.362 e. The Balaban J connectivity index is 2.20. The van der Waals surface area contributed by atoms with Crippen LogP contribution in [-0.4, -0.2) is 16.9 Å². The van der Waals surface area contributed by atoms with Crippen molar-refractivity contribution < 1.29 is 14.7 Å². The molecule has 0 saturated carbocycles. The Bertz CT molecular complexity index is 497. The van der Waals surface area contributed by atoms with Crippen LogP contribution in [0.1, 0.15) is 51.9 Å². The van der Waals surface area contributed by atoms with Crippen LogP contribution < -0.4 is 4.74 Å². The largest absolute Gasteiger partial charge is 0.411 e. The molecule has 1 aromatic rings. The van der Waals surface area contributed by atoms with Gasteiger partial charge in [-0.05, 0) is 36.8 Å². The number of rotatable bonds is 8. The molecule has 0 aliphatic heterocycles. The quantitative estimate of drug-likeness (QED) is 0.195. The number of carbonyl (C=O) groups is 1. The maximum atomic E-state index is 11.8. The number of carbonyl (C=O) groups excluding carboxylic acids is 1. The molecule has 1 heterocycles. The highest BCUT2D eigenvalue weighted by Crippen LogP contribution is 2.18. The highest BCUT2D eigenvalue weighted by molar-refractivity contribution is 7.11. The molecule has 0 amide bonds. The van der Waals surface area contributed by atoms with Gasteiger partial charge in [-0.25, -0.2) is 4.79 Å². The van der Waals surface area contributed by atoms with Crippen LogP contribution in [-0.2, 0) is 4.79 Å². The van der Waals surface area contributed by atoms with E-state index in [2.05, 4.69) is 23.9 Å². The molecule has 4 nitrogen and oxygen atoms in total. The summed E-state index contributed by atoms with van der Waals surface area (Å²) in [6.07, 6.45) is 6.08. The summed E-state index contributed by atoms with van der Waals surface area (Å²) in [5.41, 5.74) is 0.0699. The smallest absolute Gasteiger partial charge is 0.362 e. The predicted molar refractivity (Wildman–Crippen MR) is 84.9 cm³/mol. The minimum atomic E-state index is -0.581. The number of hydrogen-bond acceptors (Lipinski definition) is 5. The van der Waals surface area contributed by atoms with E-state index in [9.17, 15) is 4.79 Å². The Morgan fingerprint density at radius 2 is 2.14 bits per heavy atom. The maximum absolute atomic E-state index is 11.8. The van der Waals surface area contributed by atoms with Crippen molar-refractivity contribution in [3.05, 3.63) is 17.5 Å². The summed E-state index contributed by atoms with van der Waals surface area (Å²) >= 11 is 1.33. The second kappa shape index (κ2) is 10.9. The highest BCUT2D eigenvalue weighted by Gasteiger charge is 2.15. The molecule has 0 fully saturated rings. The van der Waals surface area contributed by atoms with Crippen LogP contribution in [0.5, 0.6) is 5.06 Å². The van der Waals surface area contributed by atoms with Gasteiger partial charge in [0.05, 0.1) is 0 Å². The van der Waals surface area contributed by atoms with E-state index in [0.717, 1.165) is 38.5 Å². The molecule has 1 rings (SSSR count). The summed E-state index contributed by atoms with van der Waals surface area (Å²) in [6, 6.07) is 3.50. The van der Waals surface area contributed by atoms with E-state index in [1.165, 1.54) is 11.3 Å². The van der Waals surface area contributed by atoms with Gasteiger partial charge in [0.2, 0.25) is 0 Å². The number of thiophene rings is 1. The van der Waals surface area contributed by atoms with E-state index in [4.69, 9.17) is 9.94 Å². The van der Waals surface area contributed by atoms with Crippen LogP contribution in [0.4, 0.5) is 0 Å². The van der Waals surface area contributed by atoms with Crippen LogP contribution in [0.2, 0.25) is 0 Å². The normalized spacial score (nSPS) is 10.8. The van der Waals surface area contributed by atoms with Gasteiger partial charge in [0, 0.05) is 19.3 Å². The summed E-state index contributed by atoms with van der Waals surface area (Å²) in [5, 5.41) is 14.3. The predicted octanol–water partition coefficient (Wildman–Crippen LogP) is 4.24. The number of hydrogen-bond donors (Lipinski definition) is 1. The van der Waals surface area contributed by atoms with Gasteiger partial charge in [-0.15, -0.1) is 23.2 Å². The van der Waals surface area contributed by atoms with Crippen LogP contribution in [0, 0.1) is 11.8 Å². The molecule has 0 bridgehead atoms. The second-order valence-corrected chi connectivity index (χ2v) is 5.44. The summed E-state index contributed by atoms with van der Waals surface area (Å²) in [5.74, 6) is 5.64. The minimum Gasteiger partial charge on any atom is -0.411 e. The number of unbranched alkanes of at least 4 members (excludes halogenated alkanes) is 4. The zero-order valence-electron chi connectivity index (χ0n) is 12.3. The first-order valence-corrected chi connectivity index (χ1v) is 8.08. The summed E-state index contributed by atoms with van der Waals surface area (Å²) < 4.78 is 5.10. The molecule has 114 valence electrons. The monoisotopic (exact) mass is 307 g/mol. The molecule has 0 radical (unpaired) electrons. The SMILES string of the molecule is CCCC#CCCCCCC(=NO)C(=O)Oc1cccs1. The van der Waals surface area contributed by atoms with Crippen LogP contribution in [0.25, 0.3) is 0 Å². The van der Waals surface area contributed by atoms with Gasteiger partial charge in [0.1, 0.15) is 0 Å². The molecule has 0 spiro atoms. The molecular weight excluding hydrogens is 286 g/mol. The molecule has 0 saturated heterocycles. The third-order valence-electron chi connectivity index (χ3n) is 2.76. The third-order valence-corrected chi connectivity index (χ3v) is 3.50. The molecule has 21 heavy (non-hydrogen) atoms. The van der Waals surface area contributed by atoms with Gasteiger partial charge in [-0.2, -0.15) is 0 Å². The van der Waals surface area contributed by atoms with Crippen molar-refractivity contribution in [2.75, 3.05) is 0 Å². The Morgan fingerprint density at radius 3 is 2.81 bits per heavy atom. The molecule has 0 unspecified atom stereocenters. The van der Waals surface area contributed by atoms with E-state index in [0.29, 0.717) is 11.5 Å². The van der Waals surface area contributed by atoms with Gasteiger partial charge in [-0.3, -0.25) is 0 Å². The Labute approximate surface area is 129 Å². The van der Waals surface area contributed by atoms with E-state index in [1.54, 1.807) is 12.1 Å². The second-order valence-electron chi connectivity index (χ2n) is 4.53. The fraction of sp³-hybridized carbons (Fsp3) is 0.500. The van der Waals surface area contributed by atoms with Crippen LogP contribution >= 0.6 is 11.3 Å². The minimum absolute atomic E-state index is 0.0699. The zero-order chi connectivity index (χ0) is 15.3. The van der Waals surface area contributed by atoms with Crippen molar-refractivity contribution in [2.24, 2.45) is 5.16 Å². The number of esters is 1. The zero-order valence-corrected chi connectivity index (χ0v) is 13.1. The van der Waals surface area contributed by atoms with E-state index in [1.807, 2.05) is 5.38 Å². The Hall–Kier alpha value is -1.80. The number of ether oxygens (including phenoxy) is 1. The fourth-order valence-electron chi connectivity index (χ4n) is 1.65. The summed E-state index contributed by atoms with van der Waals surface area (Å²) in [6.45, 7) is 2.11.